The number of hydrogen-bond acceptors (Lipinski definition) is 2. The number of hydrogen-bond donors (Lipinski definition) is 0. The predicted molar refractivity (Wildman–Crippen MR) is 55.1 cm³/mol. The van der Waals surface area contributed by atoms with E-state index in [0.29, 0.717) is 11.4 Å². The quantitative estimate of drug-likeness (QED) is 0.619. The highest BCUT2D eigenvalue weighted by Gasteiger charge is 2.09. The van der Waals surface area contributed by atoms with Crippen LogP contribution in [0.5, 0.6) is 0 Å². The fourth-order valence-corrected chi connectivity index (χ4v) is 1.36. The molecule has 0 amide bonds. The second kappa shape index (κ2) is 5.25. The molecule has 0 saturated carbocycles. The number of carbonyl (C=O) groups is 1. The zero-order chi connectivity index (χ0) is 9.68. The highest BCUT2D eigenvalue weighted by atomic mass is 79.9. The summed E-state index contributed by atoms with van der Waals surface area (Å²) in [7, 11) is 0. The van der Waals surface area contributed by atoms with Crippen molar-refractivity contribution in [3.8, 4) is 0 Å². The highest BCUT2D eigenvalue weighted by molar-refractivity contribution is 9.10. The Balaban J connectivity index is 2.71. The first-order chi connectivity index (χ1) is 6.25. The van der Waals surface area contributed by atoms with Gasteiger partial charge in [0, 0.05) is 4.47 Å². The highest BCUT2D eigenvalue weighted by Crippen LogP contribution is 2.16. The molecule has 70 valence electrons. The molecule has 1 aromatic carbocycles. The van der Waals surface area contributed by atoms with E-state index in [0.717, 1.165) is 4.47 Å². The van der Waals surface area contributed by atoms with E-state index < -0.39 is 0 Å². The van der Waals surface area contributed by atoms with Gasteiger partial charge in [0.2, 0.25) is 0 Å². The molecule has 0 aromatic heterocycles. The first-order valence-corrected chi connectivity index (χ1v) is 5.06. The molecule has 0 aliphatic rings. The molecule has 4 heteroatoms. The van der Waals surface area contributed by atoms with E-state index in [1.54, 1.807) is 18.2 Å². The fraction of sp³-hybridized carbons (Fsp3) is 0.222. The van der Waals surface area contributed by atoms with Crippen LogP contribution in [-0.2, 0) is 4.74 Å². The molecule has 0 spiro atoms. The number of carbonyl (C=O) groups excluding carboxylic acids is 1. The van der Waals surface area contributed by atoms with E-state index >= 15 is 0 Å². The van der Waals surface area contributed by atoms with Crippen LogP contribution in [0.3, 0.4) is 0 Å². The van der Waals surface area contributed by atoms with Gasteiger partial charge in [0.05, 0.1) is 11.4 Å². The minimum atomic E-state index is -0.354. The molecule has 0 aliphatic heterocycles. The third-order valence-electron chi connectivity index (χ3n) is 1.40. The molecule has 13 heavy (non-hydrogen) atoms. The molecule has 0 N–H and O–H groups in total. The molecule has 1 aromatic rings. The summed E-state index contributed by atoms with van der Waals surface area (Å²) in [5, 5.41) is 0. The minimum Gasteiger partial charge on any atom is -0.461 e. The summed E-state index contributed by atoms with van der Waals surface area (Å²) in [6.45, 7) is 0.238. The third kappa shape index (κ3) is 3.01. The van der Waals surface area contributed by atoms with Crippen molar-refractivity contribution in [2.45, 2.75) is 0 Å². The first-order valence-electron chi connectivity index (χ1n) is 3.73. The van der Waals surface area contributed by atoms with Gasteiger partial charge in [0.1, 0.15) is 6.61 Å². The van der Waals surface area contributed by atoms with Crippen LogP contribution in [-0.4, -0.2) is 18.5 Å². The van der Waals surface area contributed by atoms with Crippen LogP contribution in [0.1, 0.15) is 10.4 Å². The number of rotatable bonds is 3. The molecule has 0 heterocycles. The van der Waals surface area contributed by atoms with Gasteiger partial charge < -0.3 is 4.74 Å². The summed E-state index contributed by atoms with van der Waals surface area (Å²) in [5.41, 5.74) is 0.521. The summed E-state index contributed by atoms with van der Waals surface area (Å²) < 4.78 is 5.59. The van der Waals surface area contributed by atoms with Crippen LogP contribution in [0.15, 0.2) is 28.7 Å². The van der Waals surface area contributed by atoms with Gasteiger partial charge >= 0.3 is 5.97 Å². The molecule has 1 rings (SSSR count). The molecule has 0 radical (unpaired) electrons. The Morgan fingerprint density at radius 2 is 2.15 bits per heavy atom. The van der Waals surface area contributed by atoms with Crippen LogP contribution in [0.4, 0.5) is 0 Å². The fourth-order valence-electron chi connectivity index (χ4n) is 0.836. The standard InChI is InChI=1S/C9H8BrClO2/c10-8-4-2-1-3-7(8)9(12)13-6-5-11/h1-4H,5-6H2. The number of ether oxygens (including phenoxy) is 1. The minimum absolute atomic E-state index is 0.238. The monoisotopic (exact) mass is 262 g/mol. The van der Waals surface area contributed by atoms with Crippen molar-refractivity contribution in [3.05, 3.63) is 34.3 Å². The van der Waals surface area contributed by atoms with E-state index in [4.69, 9.17) is 16.3 Å². The Morgan fingerprint density at radius 3 is 2.77 bits per heavy atom. The zero-order valence-electron chi connectivity index (χ0n) is 6.80. The van der Waals surface area contributed by atoms with E-state index in [9.17, 15) is 4.79 Å². The van der Waals surface area contributed by atoms with Crippen molar-refractivity contribution in [3.63, 3.8) is 0 Å². The second-order valence-corrected chi connectivity index (χ2v) is 3.54. The Morgan fingerprint density at radius 1 is 1.46 bits per heavy atom. The summed E-state index contributed by atoms with van der Waals surface area (Å²) in [6, 6.07) is 7.10. The molecule has 0 fully saturated rings. The van der Waals surface area contributed by atoms with E-state index in [1.165, 1.54) is 0 Å². The normalized spacial score (nSPS) is 9.69. The number of halogens is 2. The SMILES string of the molecule is O=C(OCCCl)c1ccccc1Br. The van der Waals surface area contributed by atoms with Gasteiger partial charge in [-0.1, -0.05) is 12.1 Å². The number of benzene rings is 1. The van der Waals surface area contributed by atoms with Gasteiger partial charge in [-0.05, 0) is 28.1 Å². The Labute approximate surface area is 90.0 Å². The van der Waals surface area contributed by atoms with Crippen LogP contribution in [0.25, 0.3) is 0 Å². The van der Waals surface area contributed by atoms with E-state index in [-0.39, 0.29) is 12.6 Å². The predicted octanol–water partition coefficient (Wildman–Crippen LogP) is 2.84. The molecule has 0 saturated heterocycles. The zero-order valence-corrected chi connectivity index (χ0v) is 9.14. The largest absolute Gasteiger partial charge is 0.461 e. The Bertz CT molecular complexity index is 301. The molecule has 2 nitrogen and oxygen atoms in total. The topological polar surface area (TPSA) is 26.3 Å². The van der Waals surface area contributed by atoms with Crippen molar-refractivity contribution >= 4 is 33.5 Å². The average Bonchev–Trinajstić information content (AvgIpc) is 2.15. The number of esters is 1. The average molecular weight is 264 g/mol. The molecular formula is C9H8BrClO2. The lowest BCUT2D eigenvalue weighted by molar-refractivity contribution is 0.0528. The first kappa shape index (κ1) is 10.5. The van der Waals surface area contributed by atoms with Crippen molar-refractivity contribution in [1.82, 2.24) is 0 Å². The van der Waals surface area contributed by atoms with Crippen molar-refractivity contribution < 1.29 is 9.53 Å². The molecule has 0 aliphatic carbocycles. The smallest absolute Gasteiger partial charge is 0.339 e. The third-order valence-corrected chi connectivity index (χ3v) is 2.25. The lowest BCUT2D eigenvalue weighted by atomic mass is 10.2. The maximum absolute atomic E-state index is 11.3. The summed E-state index contributed by atoms with van der Waals surface area (Å²) >= 11 is 8.64. The van der Waals surface area contributed by atoms with Gasteiger partial charge in [-0.2, -0.15) is 0 Å². The van der Waals surface area contributed by atoms with Crippen molar-refractivity contribution in [2.24, 2.45) is 0 Å². The van der Waals surface area contributed by atoms with Gasteiger partial charge in [-0.25, -0.2) is 4.79 Å². The van der Waals surface area contributed by atoms with Gasteiger partial charge in [0.15, 0.2) is 0 Å². The Hall–Kier alpha value is -0.540. The van der Waals surface area contributed by atoms with Crippen molar-refractivity contribution in [1.29, 1.82) is 0 Å². The second-order valence-electron chi connectivity index (χ2n) is 2.30. The molecule has 0 atom stereocenters. The Kier molecular flexibility index (Phi) is 4.25. The lowest BCUT2D eigenvalue weighted by Crippen LogP contribution is -2.07. The van der Waals surface area contributed by atoms with Crippen LogP contribution in [0.2, 0.25) is 0 Å². The summed E-state index contributed by atoms with van der Waals surface area (Å²) in [4.78, 5) is 11.3. The molecule has 0 unspecified atom stereocenters. The van der Waals surface area contributed by atoms with Gasteiger partial charge in [-0.3, -0.25) is 0 Å². The van der Waals surface area contributed by atoms with Gasteiger partial charge in [0.25, 0.3) is 0 Å². The number of alkyl halides is 1. The maximum atomic E-state index is 11.3. The van der Waals surface area contributed by atoms with E-state index in [2.05, 4.69) is 15.9 Å². The van der Waals surface area contributed by atoms with Crippen molar-refractivity contribution in [2.75, 3.05) is 12.5 Å². The molecule has 0 bridgehead atoms. The van der Waals surface area contributed by atoms with Crippen LogP contribution in [0, 0.1) is 0 Å². The maximum Gasteiger partial charge on any atom is 0.339 e. The van der Waals surface area contributed by atoms with Crippen LogP contribution < -0.4 is 0 Å². The summed E-state index contributed by atoms with van der Waals surface area (Å²) in [5.74, 6) is -0.0379. The van der Waals surface area contributed by atoms with Crippen LogP contribution >= 0.6 is 27.5 Å². The van der Waals surface area contributed by atoms with Gasteiger partial charge in [-0.15, -0.1) is 11.6 Å². The van der Waals surface area contributed by atoms with E-state index in [1.807, 2.05) is 6.07 Å². The molecular weight excluding hydrogens is 255 g/mol. The lowest BCUT2D eigenvalue weighted by Gasteiger charge is -2.03. The summed E-state index contributed by atoms with van der Waals surface area (Å²) in [6.07, 6.45) is 0.